The third-order valence-corrected chi connectivity index (χ3v) is 7.20. The van der Waals surface area contributed by atoms with Crippen LogP contribution in [0.5, 0.6) is 0 Å². The number of aryl methyl sites for hydroxylation is 1. The van der Waals surface area contributed by atoms with E-state index in [1.165, 1.54) is 5.56 Å². The smallest absolute Gasteiger partial charge is 0.193 e. The van der Waals surface area contributed by atoms with Crippen molar-refractivity contribution in [2.45, 2.75) is 25.9 Å². The summed E-state index contributed by atoms with van der Waals surface area (Å²) in [5.41, 5.74) is 5.53. The number of anilines is 1. The van der Waals surface area contributed by atoms with Gasteiger partial charge in [0.2, 0.25) is 0 Å². The van der Waals surface area contributed by atoms with Crippen molar-refractivity contribution < 1.29 is 0 Å². The van der Waals surface area contributed by atoms with E-state index >= 15 is 0 Å². The predicted molar refractivity (Wildman–Crippen MR) is 133 cm³/mol. The SMILES string of the molecule is Cc1cc([C@H]2[C@H](c3ccccn3)NC(=S)N2c2ccc(Br)cc2)c(C)n1-c1nccs1. The molecule has 3 aromatic heterocycles. The Morgan fingerprint density at radius 3 is 2.55 bits per heavy atom. The first-order valence-corrected chi connectivity index (χ1v) is 12.0. The number of thiazole rings is 1. The van der Waals surface area contributed by atoms with Gasteiger partial charge in [-0.05, 0) is 74.1 Å². The highest BCUT2D eigenvalue weighted by Crippen LogP contribution is 2.43. The zero-order chi connectivity index (χ0) is 21.5. The van der Waals surface area contributed by atoms with Crippen LogP contribution in [0.15, 0.2) is 70.8 Å². The van der Waals surface area contributed by atoms with Gasteiger partial charge in [-0.2, -0.15) is 0 Å². The van der Waals surface area contributed by atoms with Crippen LogP contribution in [0.1, 0.15) is 34.7 Å². The lowest BCUT2D eigenvalue weighted by Crippen LogP contribution is -2.29. The molecule has 0 bridgehead atoms. The van der Waals surface area contributed by atoms with Gasteiger partial charge in [0.05, 0.1) is 17.8 Å². The minimum atomic E-state index is -0.0670. The number of hydrogen-bond donors (Lipinski definition) is 1. The van der Waals surface area contributed by atoms with Crippen molar-refractivity contribution in [3.63, 3.8) is 0 Å². The zero-order valence-corrected chi connectivity index (χ0v) is 20.2. The van der Waals surface area contributed by atoms with Crippen LogP contribution >= 0.6 is 39.5 Å². The van der Waals surface area contributed by atoms with Gasteiger partial charge in [-0.3, -0.25) is 9.55 Å². The molecule has 1 aliphatic heterocycles. The first kappa shape index (κ1) is 20.4. The van der Waals surface area contributed by atoms with Gasteiger partial charge < -0.3 is 10.2 Å². The Hall–Kier alpha value is -2.55. The summed E-state index contributed by atoms with van der Waals surface area (Å²) >= 11 is 11.0. The average molecular weight is 510 g/mol. The molecular formula is C23H20BrN5S2. The Balaban J connectivity index is 1.68. The summed E-state index contributed by atoms with van der Waals surface area (Å²) in [4.78, 5) is 11.4. The van der Waals surface area contributed by atoms with Crippen LogP contribution in [0.3, 0.4) is 0 Å². The van der Waals surface area contributed by atoms with Gasteiger partial charge in [0.1, 0.15) is 0 Å². The molecule has 1 aliphatic rings. The molecule has 0 unspecified atom stereocenters. The normalized spacial score (nSPS) is 18.4. The Bertz CT molecular complexity index is 1220. The Morgan fingerprint density at radius 1 is 1.06 bits per heavy atom. The van der Waals surface area contributed by atoms with Crippen LogP contribution in [-0.2, 0) is 0 Å². The van der Waals surface area contributed by atoms with Crippen molar-refractivity contribution in [3.05, 3.63) is 93.4 Å². The second kappa shape index (κ2) is 8.18. The maximum absolute atomic E-state index is 5.83. The van der Waals surface area contributed by atoms with E-state index in [-0.39, 0.29) is 12.1 Å². The second-order valence-corrected chi connectivity index (χ2v) is 9.62. The van der Waals surface area contributed by atoms with E-state index in [1.54, 1.807) is 11.3 Å². The number of thiocarbonyl (C=S) groups is 1. The van der Waals surface area contributed by atoms with E-state index in [1.807, 2.05) is 42.0 Å². The minimum Gasteiger partial charge on any atom is -0.351 e. The number of hydrogen-bond acceptors (Lipinski definition) is 4. The van der Waals surface area contributed by atoms with Crippen molar-refractivity contribution in [1.82, 2.24) is 19.9 Å². The van der Waals surface area contributed by atoms with E-state index < -0.39 is 0 Å². The molecular weight excluding hydrogens is 490 g/mol. The van der Waals surface area contributed by atoms with Gasteiger partial charge in [0, 0.05) is 39.3 Å². The third-order valence-electron chi connectivity index (χ3n) is 5.60. The van der Waals surface area contributed by atoms with E-state index in [2.05, 4.69) is 78.8 Å². The number of benzene rings is 1. The van der Waals surface area contributed by atoms with Crippen molar-refractivity contribution in [1.29, 1.82) is 0 Å². The number of aromatic nitrogens is 3. The first-order chi connectivity index (χ1) is 15.0. The molecule has 0 spiro atoms. The molecule has 156 valence electrons. The maximum atomic E-state index is 5.83. The molecule has 0 radical (unpaired) electrons. The lowest BCUT2D eigenvalue weighted by atomic mass is 9.96. The van der Waals surface area contributed by atoms with Gasteiger partial charge >= 0.3 is 0 Å². The molecule has 1 N–H and O–H groups in total. The van der Waals surface area contributed by atoms with Gasteiger partial charge in [0.15, 0.2) is 10.2 Å². The fraction of sp³-hybridized carbons (Fsp3) is 0.174. The van der Waals surface area contributed by atoms with Gasteiger partial charge in [0.25, 0.3) is 0 Å². The van der Waals surface area contributed by atoms with E-state index in [9.17, 15) is 0 Å². The third kappa shape index (κ3) is 3.58. The van der Waals surface area contributed by atoms with Crippen LogP contribution < -0.4 is 10.2 Å². The van der Waals surface area contributed by atoms with Gasteiger partial charge in [-0.15, -0.1) is 11.3 Å². The molecule has 1 fully saturated rings. The molecule has 1 saturated heterocycles. The molecule has 1 aromatic carbocycles. The minimum absolute atomic E-state index is 0.0384. The van der Waals surface area contributed by atoms with Crippen molar-refractivity contribution in [2.75, 3.05) is 4.90 Å². The Labute approximate surface area is 198 Å². The highest BCUT2D eigenvalue weighted by atomic mass is 79.9. The zero-order valence-electron chi connectivity index (χ0n) is 17.0. The van der Waals surface area contributed by atoms with Crippen LogP contribution in [0, 0.1) is 13.8 Å². The Morgan fingerprint density at radius 2 is 1.87 bits per heavy atom. The molecule has 2 atom stereocenters. The van der Waals surface area contributed by atoms with Crippen LogP contribution in [-0.4, -0.2) is 19.6 Å². The number of nitrogens with zero attached hydrogens (tertiary/aromatic N) is 4. The quantitative estimate of drug-likeness (QED) is 0.347. The van der Waals surface area contributed by atoms with Crippen molar-refractivity contribution in [2.24, 2.45) is 0 Å². The van der Waals surface area contributed by atoms with Crippen LogP contribution in [0.25, 0.3) is 5.13 Å². The highest BCUT2D eigenvalue weighted by Gasteiger charge is 2.42. The highest BCUT2D eigenvalue weighted by molar-refractivity contribution is 9.10. The molecule has 4 aromatic rings. The number of nitrogens with one attached hydrogen (secondary N) is 1. The molecule has 0 amide bonds. The fourth-order valence-electron chi connectivity index (χ4n) is 4.26. The molecule has 0 saturated carbocycles. The summed E-state index contributed by atoms with van der Waals surface area (Å²) in [6.45, 7) is 4.28. The molecule has 31 heavy (non-hydrogen) atoms. The summed E-state index contributed by atoms with van der Waals surface area (Å²) < 4.78 is 3.26. The van der Waals surface area contributed by atoms with Gasteiger partial charge in [-0.1, -0.05) is 22.0 Å². The van der Waals surface area contributed by atoms with Gasteiger partial charge in [-0.25, -0.2) is 4.98 Å². The van der Waals surface area contributed by atoms with E-state index in [0.29, 0.717) is 5.11 Å². The molecule has 5 nitrogen and oxygen atoms in total. The van der Waals surface area contributed by atoms with Crippen LogP contribution in [0.4, 0.5) is 5.69 Å². The number of halogens is 1. The molecule has 0 aliphatic carbocycles. The summed E-state index contributed by atoms with van der Waals surface area (Å²) in [6, 6.07) is 16.4. The fourth-order valence-corrected chi connectivity index (χ4v) is 5.62. The average Bonchev–Trinajstić information content (AvgIpc) is 3.47. The van der Waals surface area contributed by atoms with E-state index in [0.717, 1.165) is 32.4 Å². The summed E-state index contributed by atoms with van der Waals surface area (Å²) in [5, 5.41) is 7.21. The lowest BCUT2D eigenvalue weighted by molar-refractivity contribution is 0.565. The molecule has 8 heteroatoms. The second-order valence-electron chi connectivity index (χ2n) is 7.45. The molecule has 5 rings (SSSR count). The predicted octanol–water partition coefficient (Wildman–Crippen LogP) is 5.89. The standard InChI is InChI=1S/C23H20BrN5S2/c1-14-13-18(15(2)28(14)23-26-11-12-31-23)21-20(19-5-3-4-10-25-19)27-22(30)29(21)17-8-6-16(24)7-9-17/h3-13,20-21H,1-2H3,(H,27,30)/t20-,21-/m0/s1. The van der Waals surface area contributed by atoms with Crippen LogP contribution in [0.2, 0.25) is 0 Å². The van der Waals surface area contributed by atoms with Crippen molar-refractivity contribution >= 4 is 50.3 Å². The summed E-state index contributed by atoms with van der Waals surface area (Å²) in [7, 11) is 0. The largest absolute Gasteiger partial charge is 0.351 e. The monoisotopic (exact) mass is 509 g/mol. The lowest BCUT2D eigenvalue weighted by Gasteiger charge is -2.28. The summed E-state index contributed by atoms with van der Waals surface area (Å²) in [5.74, 6) is 0. The Kier molecular flexibility index (Phi) is 5.37. The number of rotatable bonds is 4. The number of pyridine rings is 1. The molecule has 4 heterocycles. The topological polar surface area (TPSA) is 46.0 Å². The summed E-state index contributed by atoms with van der Waals surface area (Å²) in [6.07, 6.45) is 3.67. The first-order valence-electron chi connectivity index (χ1n) is 9.89. The maximum Gasteiger partial charge on any atom is 0.193 e. The van der Waals surface area contributed by atoms with E-state index in [4.69, 9.17) is 12.2 Å². The van der Waals surface area contributed by atoms with Crippen molar-refractivity contribution in [3.8, 4) is 5.13 Å².